The van der Waals surface area contributed by atoms with Crippen LogP contribution in [0.25, 0.3) is 5.65 Å². The fourth-order valence-electron chi connectivity index (χ4n) is 3.90. The number of fused-ring (bicyclic) bond motifs is 1. The summed E-state index contributed by atoms with van der Waals surface area (Å²) in [7, 11) is 4.04. The summed E-state index contributed by atoms with van der Waals surface area (Å²) in [6.45, 7) is 1.70. The number of aromatic nitrogens is 3. The molecule has 1 atom stereocenters. The first-order valence-corrected chi connectivity index (χ1v) is 12.0. The molecule has 2 aromatic heterocycles. The SMILES string of the molecule is O=C(CCCC[C@H]1CCSS1)N1CCC(c2nnc3ccccn23)CC1. The molecule has 0 spiro atoms. The van der Waals surface area contributed by atoms with Crippen LogP contribution in [0.3, 0.4) is 0 Å². The fourth-order valence-corrected chi connectivity index (χ4v) is 6.92. The smallest absolute Gasteiger partial charge is 0.222 e. The van der Waals surface area contributed by atoms with Crippen LogP contribution >= 0.6 is 21.6 Å². The number of hydrogen-bond donors (Lipinski definition) is 0. The van der Waals surface area contributed by atoms with E-state index in [0.29, 0.717) is 18.2 Å². The van der Waals surface area contributed by atoms with E-state index in [9.17, 15) is 4.79 Å². The van der Waals surface area contributed by atoms with Crippen LogP contribution in [0.4, 0.5) is 0 Å². The third kappa shape index (κ3) is 4.19. The molecule has 2 fully saturated rings. The Bertz CT molecular complexity index is 736. The standard InChI is InChI=1S/C19H26N4OS2/c24-18(7-2-1-5-16-10-14-25-26-16)22-12-8-15(9-13-22)19-21-20-17-6-3-4-11-23(17)19/h3-4,6,11,15-16H,1-2,5,7-10,12-14H2/t16-/m0/s1. The number of likely N-dealkylation sites (tertiary alicyclic amines) is 1. The first-order valence-electron chi connectivity index (χ1n) is 9.67. The minimum atomic E-state index is 0.336. The van der Waals surface area contributed by atoms with Gasteiger partial charge in [-0.25, -0.2) is 0 Å². The number of carbonyl (C=O) groups excluding carboxylic acids is 1. The van der Waals surface area contributed by atoms with Crippen molar-refractivity contribution in [3.8, 4) is 0 Å². The molecule has 26 heavy (non-hydrogen) atoms. The number of rotatable bonds is 6. The van der Waals surface area contributed by atoms with Crippen LogP contribution in [-0.4, -0.2) is 49.5 Å². The summed E-state index contributed by atoms with van der Waals surface area (Å²) in [4.78, 5) is 14.5. The highest BCUT2D eigenvalue weighted by molar-refractivity contribution is 8.77. The zero-order valence-corrected chi connectivity index (χ0v) is 16.7. The van der Waals surface area contributed by atoms with E-state index in [0.717, 1.165) is 49.1 Å². The molecule has 4 rings (SSSR count). The van der Waals surface area contributed by atoms with E-state index in [1.165, 1.54) is 25.0 Å². The van der Waals surface area contributed by atoms with E-state index < -0.39 is 0 Å². The van der Waals surface area contributed by atoms with Crippen LogP contribution in [0.2, 0.25) is 0 Å². The Morgan fingerprint density at radius 2 is 2.04 bits per heavy atom. The summed E-state index contributed by atoms with van der Waals surface area (Å²) in [5.74, 6) is 3.07. The van der Waals surface area contributed by atoms with Gasteiger partial charge in [-0.05, 0) is 44.2 Å². The van der Waals surface area contributed by atoms with Gasteiger partial charge < -0.3 is 4.90 Å². The molecule has 4 heterocycles. The van der Waals surface area contributed by atoms with Crippen molar-refractivity contribution in [2.75, 3.05) is 18.8 Å². The zero-order chi connectivity index (χ0) is 17.8. The first-order chi connectivity index (χ1) is 12.8. The number of hydrogen-bond acceptors (Lipinski definition) is 5. The molecule has 0 bridgehead atoms. The maximum absolute atomic E-state index is 12.5. The molecule has 0 radical (unpaired) electrons. The number of piperidine rings is 1. The average Bonchev–Trinajstić information content (AvgIpc) is 3.35. The molecule has 140 valence electrons. The lowest BCUT2D eigenvalue weighted by Gasteiger charge is -2.31. The second-order valence-electron chi connectivity index (χ2n) is 7.22. The third-order valence-corrected chi connectivity index (χ3v) is 8.45. The van der Waals surface area contributed by atoms with Gasteiger partial charge in [0.25, 0.3) is 0 Å². The lowest BCUT2D eigenvalue weighted by atomic mass is 9.95. The molecule has 5 nitrogen and oxygen atoms in total. The van der Waals surface area contributed by atoms with Gasteiger partial charge in [-0.2, -0.15) is 0 Å². The Hall–Kier alpha value is -1.21. The lowest BCUT2D eigenvalue weighted by molar-refractivity contribution is -0.132. The van der Waals surface area contributed by atoms with Gasteiger partial charge in [0.2, 0.25) is 5.91 Å². The van der Waals surface area contributed by atoms with E-state index in [2.05, 4.69) is 19.5 Å². The van der Waals surface area contributed by atoms with Crippen molar-refractivity contribution in [3.05, 3.63) is 30.2 Å². The van der Waals surface area contributed by atoms with Crippen LogP contribution in [-0.2, 0) is 4.79 Å². The molecule has 2 aliphatic rings. The number of amides is 1. The summed E-state index contributed by atoms with van der Waals surface area (Å²) < 4.78 is 2.08. The van der Waals surface area contributed by atoms with Crippen molar-refractivity contribution in [2.45, 2.75) is 56.1 Å². The Morgan fingerprint density at radius 1 is 1.15 bits per heavy atom. The Labute approximate surface area is 162 Å². The zero-order valence-electron chi connectivity index (χ0n) is 15.0. The number of pyridine rings is 1. The molecular formula is C19H26N4OS2. The quantitative estimate of drug-likeness (QED) is 0.548. The van der Waals surface area contributed by atoms with Gasteiger partial charge in [-0.3, -0.25) is 9.20 Å². The second-order valence-corrected chi connectivity index (χ2v) is 10.0. The van der Waals surface area contributed by atoms with Crippen molar-refractivity contribution in [1.29, 1.82) is 0 Å². The summed E-state index contributed by atoms with van der Waals surface area (Å²) in [5, 5.41) is 9.48. The van der Waals surface area contributed by atoms with Crippen LogP contribution in [0, 0.1) is 0 Å². The Kier molecular flexibility index (Phi) is 6.05. The number of unbranched alkanes of at least 4 members (excludes halogenated alkanes) is 1. The topological polar surface area (TPSA) is 50.5 Å². The van der Waals surface area contributed by atoms with Gasteiger partial charge in [0, 0.05) is 42.6 Å². The highest BCUT2D eigenvalue weighted by Crippen LogP contribution is 2.40. The second kappa shape index (κ2) is 8.65. The first kappa shape index (κ1) is 18.2. The highest BCUT2D eigenvalue weighted by Gasteiger charge is 2.26. The molecule has 0 aliphatic carbocycles. The van der Waals surface area contributed by atoms with E-state index in [-0.39, 0.29) is 0 Å². The molecule has 7 heteroatoms. The van der Waals surface area contributed by atoms with Gasteiger partial charge in [0.05, 0.1) is 0 Å². The van der Waals surface area contributed by atoms with Crippen molar-refractivity contribution in [3.63, 3.8) is 0 Å². The molecule has 2 aromatic rings. The predicted molar refractivity (Wildman–Crippen MR) is 108 cm³/mol. The van der Waals surface area contributed by atoms with Crippen LogP contribution in [0.1, 0.15) is 56.7 Å². The molecule has 0 saturated carbocycles. The maximum atomic E-state index is 12.5. The van der Waals surface area contributed by atoms with Gasteiger partial charge in [0.15, 0.2) is 5.65 Å². The maximum Gasteiger partial charge on any atom is 0.222 e. The lowest BCUT2D eigenvalue weighted by Crippen LogP contribution is -2.38. The van der Waals surface area contributed by atoms with E-state index in [1.54, 1.807) is 0 Å². The van der Waals surface area contributed by atoms with E-state index in [1.807, 2.05) is 46.0 Å². The minimum absolute atomic E-state index is 0.336. The van der Waals surface area contributed by atoms with Crippen molar-refractivity contribution in [1.82, 2.24) is 19.5 Å². The summed E-state index contributed by atoms with van der Waals surface area (Å²) in [5.41, 5.74) is 0.903. The van der Waals surface area contributed by atoms with Gasteiger partial charge in [0.1, 0.15) is 5.82 Å². The minimum Gasteiger partial charge on any atom is -0.343 e. The predicted octanol–water partition coefficient (Wildman–Crippen LogP) is 4.15. The largest absolute Gasteiger partial charge is 0.343 e. The van der Waals surface area contributed by atoms with Crippen LogP contribution in [0.5, 0.6) is 0 Å². The Morgan fingerprint density at radius 3 is 2.85 bits per heavy atom. The Balaban J connectivity index is 1.22. The summed E-state index contributed by atoms with van der Waals surface area (Å²) in [6, 6.07) is 5.98. The monoisotopic (exact) mass is 390 g/mol. The average molecular weight is 391 g/mol. The molecular weight excluding hydrogens is 364 g/mol. The molecule has 0 unspecified atom stereocenters. The molecule has 1 amide bonds. The van der Waals surface area contributed by atoms with Crippen LogP contribution in [0.15, 0.2) is 24.4 Å². The normalized spacial score (nSPS) is 21.5. The van der Waals surface area contributed by atoms with E-state index >= 15 is 0 Å². The summed E-state index contributed by atoms with van der Waals surface area (Å²) in [6.07, 6.45) is 9.55. The van der Waals surface area contributed by atoms with Crippen LogP contribution < -0.4 is 0 Å². The highest BCUT2D eigenvalue weighted by atomic mass is 33.1. The third-order valence-electron chi connectivity index (χ3n) is 5.45. The van der Waals surface area contributed by atoms with Crippen molar-refractivity contribution >= 4 is 33.1 Å². The van der Waals surface area contributed by atoms with Crippen molar-refractivity contribution < 1.29 is 4.79 Å². The molecule has 0 N–H and O–H groups in total. The number of nitrogens with zero attached hydrogens (tertiary/aromatic N) is 4. The summed E-state index contributed by atoms with van der Waals surface area (Å²) >= 11 is 0. The molecule has 0 aromatic carbocycles. The molecule has 2 aliphatic heterocycles. The van der Waals surface area contributed by atoms with Gasteiger partial charge >= 0.3 is 0 Å². The fraction of sp³-hybridized carbons (Fsp3) is 0.632. The van der Waals surface area contributed by atoms with Gasteiger partial charge in [-0.15, -0.1) is 10.2 Å². The number of carbonyl (C=O) groups is 1. The van der Waals surface area contributed by atoms with E-state index in [4.69, 9.17) is 0 Å². The van der Waals surface area contributed by atoms with Crippen molar-refractivity contribution in [2.24, 2.45) is 0 Å². The van der Waals surface area contributed by atoms with Gasteiger partial charge in [-0.1, -0.05) is 34.1 Å². The molecule has 2 saturated heterocycles.